The van der Waals surface area contributed by atoms with Gasteiger partial charge < -0.3 is 4.74 Å². The number of hydrogen-bond donors (Lipinski definition) is 0. The Balaban J connectivity index is 1.74. The molecule has 0 aromatic carbocycles. The average molecular weight is 266 g/mol. The fourth-order valence-corrected chi connectivity index (χ4v) is 2.97. The Labute approximate surface area is 120 Å². The van der Waals surface area contributed by atoms with E-state index in [-0.39, 0.29) is 0 Å². The van der Waals surface area contributed by atoms with Gasteiger partial charge in [-0.2, -0.15) is 0 Å². The van der Waals surface area contributed by atoms with Gasteiger partial charge in [0.2, 0.25) is 0 Å². The Hall–Kier alpha value is -0.300. The lowest BCUT2D eigenvalue weighted by atomic mass is 9.86. The SMILES string of the molecule is CCC=CCCCCOCCCCC1CCCCC1. The summed E-state index contributed by atoms with van der Waals surface area (Å²) in [5.41, 5.74) is 0. The summed E-state index contributed by atoms with van der Waals surface area (Å²) in [7, 11) is 0. The van der Waals surface area contributed by atoms with Crippen LogP contribution < -0.4 is 0 Å². The van der Waals surface area contributed by atoms with Crippen LogP contribution in [0.25, 0.3) is 0 Å². The zero-order chi connectivity index (χ0) is 13.6. The lowest BCUT2D eigenvalue weighted by molar-refractivity contribution is 0.125. The van der Waals surface area contributed by atoms with Gasteiger partial charge in [-0.05, 0) is 38.0 Å². The topological polar surface area (TPSA) is 9.23 Å². The quantitative estimate of drug-likeness (QED) is 0.334. The van der Waals surface area contributed by atoms with E-state index in [2.05, 4.69) is 19.1 Å². The maximum absolute atomic E-state index is 5.71. The number of rotatable bonds is 11. The first-order valence-corrected chi connectivity index (χ1v) is 8.66. The van der Waals surface area contributed by atoms with Gasteiger partial charge in [0, 0.05) is 13.2 Å². The molecule has 0 heterocycles. The minimum Gasteiger partial charge on any atom is -0.381 e. The standard InChI is InChI=1S/C18H34O/c1-2-3-4-5-6-11-16-19-17-12-10-15-18-13-8-7-9-14-18/h3-4,18H,2,5-17H2,1H3. The second-order valence-electron chi connectivity index (χ2n) is 5.99. The lowest BCUT2D eigenvalue weighted by Crippen LogP contribution is -2.06. The average Bonchev–Trinajstić information content (AvgIpc) is 2.46. The van der Waals surface area contributed by atoms with Crippen LogP contribution in [-0.2, 0) is 4.74 Å². The van der Waals surface area contributed by atoms with Crippen LogP contribution in [0, 0.1) is 5.92 Å². The van der Waals surface area contributed by atoms with E-state index in [1.54, 1.807) is 0 Å². The molecule has 1 saturated carbocycles. The van der Waals surface area contributed by atoms with Gasteiger partial charge in [-0.3, -0.25) is 0 Å². The second kappa shape index (κ2) is 12.7. The molecule has 0 radical (unpaired) electrons. The molecule has 1 fully saturated rings. The number of unbranched alkanes of at least 4 members (excludes halogenated alkanes) is 3. The number of hydrogen-bond acceptors (Lipinski definition) is 1. The molecule has 0 aromatic rings. The van der Waals surface area contributed by atoms with Crippen molar-refractivity contribution >= 4 is 0 Å². The summed E-state index contributed by atoms with van der Waals surface area (Å²) in [6.07, 6.45) is 21.0. The molecule has 0 bridgehead atoms. The summed E-state index contributed by atoms with van der Waals surface area (Å²) < 4.78 is 5.71. The van der Waals surface area contributed by atoms with E-state index in [9.17, 15) is 0 Å². The van der Waals surface area contributed by atoms with E-state index in [1.165, 1.54) is 70.6 Å². The zero-order valence-electron chi connectivity index (χ0n) is 13.0. The molecule has 0 N–H and O–H groups in total. The summed E-state index contributed by atoms with van der Waals surface area (Å²) in [5.74, 6) is 1.04. The van der Waals surface area contributed by atoms with Gasteiger partial charge in [-0.25, -0.2) is 0 Å². The van der Waals surface area contributed by atoms with Crippen LogP contribution in [0.1, 0.15) is 84.0 Å². The maximum Gasteiger partial charge on any atom is 0.0466 e. The molecule has 1 aliphatic rings. The number of ether oxygens (including phenoxy) is 1. The van der Waals surface area contributed by atoms with Crippen molar-refractivity contribution in [2.75, 3.05) is 13.2 Å². The monoisotopic (exact) mass is 266 g/mol. The Morgan fingerprint density at radius 3 is 2.37 bits per heavy atom. The Bertz CT molecular complexity index is 204. The van der Waals surface area contributed by atoms with Crippen molar-refractivity contribution < 1.29 is 4.74 Å². The molecule has 0 amide bonds. The second-order valence-corrected chi connectivity index (χ2v) is 5.99. The van der Waals surface area contributed by atoms with E-state index < -0.39 is 0 Å². The molecule has 0 atom stereocenters. The van der Waals surface area contributed by atoms with Gasteiger partial charge in [-0.1, -0.05) is 64.0 Å². The highest BCUT2D eigenvalue weighted by Gasteiger charge is 2.12. The highest BCUT2D eigenvalue weighted by Crippen LogP contribution is 2.27. The molecule has 1 heteroatoms. The first kappa shape index (κ1) is 16.8. The summed E-state index contributed by atoms with van der Waals surface area (Å²) >= 11 is 0. The van der Waals surface area contributed by atoms with E-state index in [4.69, 9.17) is 4.74 Å². The molecule has 112 valence electrons. The molecule has 0 spiro atoms. The van der Waals surface area contributed by atoms with Gasteiger partial charge in [0.15, 0.2) is 0 Å². The Kier molecular flexibility index (Phi) is 11.2. The summed E-state index contributed by atoms with van der Waals surface area (Å²) in [6, 6.07) is 0. The maximum atomic E-state index is 5.71. The third-order valence-electron chi connectivity index (χ3n) is 4.19. The first-order chi connectivity index (χ1) is 9.43. The van der Waals surface area contributed by atoms with Crippen LogP contribution in [-0.4, -0.2) is 13.2 Å². The predicted molar refractivity (Wildman–Crippen MR) is 84.5 cm³/mol. The molecule has 19 heavy (non-hydrogen) atoms. The molecular weight excluding hydrogens is 232 g/mol. The molecule has 0 saturated heterocycles. The van der Waals surface area contributed by atoms with Gasteiger partial charge in [0.25, 0.3) is 0 Å². The molecule has 1 nitrogen and oxygen atoms in total. The van der Waals surface area contributed by atoms with Crippen molar-refractivity contribution in [1.29, 1.82) is 0 Å². The van der Waals surface area contributed by atoms with E-state index >= 15 is 0 Å². The van der Waals surface area contributed by atoms with Crippen LogP contribution in [0.15, 0.2) is 12.2 Å². The molecule has 0 unspecified atom stereocenters. The van der Waals surface area contributed by atoms with Crippen molar-refractivity contribution in [3.63, 3.8) is 0 Å². The van der Waals surface area contributed by atoms with Gasteiger partial charge >= 0.3 is 0 Å². The minimum atomic E-state index is 0.962. The minimum absolute atomic E-state index is 0.962. The van der Waals surface area contributed by atoms with Crippen molar-refractivity contribution in [3.05, 3.63) is 12.2 Å². The largest absolute Gasteiger partial charge is 0.381 e. The van der Waals surface area contributed by atoms with Crippen LogP contribution >= 0.6 is 0 Å². The van der Waals surface area contributed by atoms with Crippen LogP contribution in [0.4, 0.5) is 0 Å². The first-order valence-electron chi connectivity index (χ1n) is 8.66. The smallest absolute Gasteiger partial charge is 0.0466 e. The fourth-order valence-electron chi connectivity index (χ4n) is 2.97. The van der Waals surface area contributed by atoms with Crippen molar-refractivity contribution in [2.45, 2.75) is 84.0 Å². The Morgan fingerprint density at radius 1 is 0.895 bits per heavy atom. The third kappa shape index (κ3) is 10.2. The molecule has 0 aliphatic heterocycles. The highest BCUT2D eigenvalue weighted by molar-refractivity contribution is 4.79. The third-order valence-corrected chi connectivity index (χ3v) is 4.19. The highest BCUT2D eigenvalue weighted by atomic mass is 16.5. The summed E-state index contributed by atoms with van der Waals surface area (Å²) in [4.78, 5) is 0. The van der Waals surface area contributed by atoms with Crippen LogP contribution in [0.5, 0.6) is 0 Å². The lowest BCUT2D eigenvalue weighted by Gasteiger charge is -2.21. The van der Waals surface area contributed by atoms with Gasteiger partial charge in [-0.15, -0.1) is 0 Å². The summed E-state index contributed by atoms with van der Waals surface area (Å²) in [5, 5.41) is 0. The number of allylic oxidation sites excluding steroid dienone is 2. The molecule has 1 aliphatic carbocycles. The van der Waals surface area contributed by atoms with Crippen molar-refractivity contribution in [1.82, 2.24) is 0 Å². The normalized spacial score (nSPS) is 17.3. The fraction of sp³-hybridized carbons (Fsp3) is 0.889. The van der Waals surface area contributed by atoms with E-state index in [0.717, 1.165) is 25.6 Å². The van der Waals surface area contributed by atoms with Gasteiger partial charge in [0.05, 0.1) is 0 Å². The molecule has 1 rings (SSSR count). The van der Waals surface area contributed by atoms with E-state index in [1.807, 2.05) is 0 Å². The van der Waals surface area contributed by atoms with Crippen LogP contribution in [0.2, 0.25) is 0 Å². The van der Waals surface area contributed by atoms with Gasteiger partial charge in [0.1, 0.15) is 0 Å². The van der Waals surface area contributed by atoms with Crippen molar-refractivity contribution in [2.24, 2.45) is 5.92 Å². The van der Waals surface area contributed by atoms with E-state index in [0.29, 0.717) is 0 Å². The predicted octanol–water partition coefficient (Wildman–Crippen LogP) is 5.89. The van der Waals surface area contributed by atoms with Crippen LogP contribution in [0.3, 0.4) is 0 Å². The Morgan fingerprint density at radius 2 is 1.63 bits per heavy atom. The zero-order valence-corrected chi connectivity index (χ0v) is 13.0. The summed E-state index contributed by atoms with van der Waals surface area (Å²) in [6.45, 7) is 4.13. The molecular formula is C18H34O. The molecule has 0 aromatic heterocycles. The van der Waals surface area contributed by atoms with Crippen molar-refractivity contribution in [3.8, 4) is 0 Å².